The highest BCUT2D eigenvalue weighted by molar-refractivity contribution is 7.15. The zero-order chi connectivity index (χ0) is 15.4. The van der Waals surface area contributed by atoms with Gasteiger partial charge in [0.1, 0.15) is 10.8 Å². The molecular weight excluding hydrogens is 301 g/mol. The molecule has 0 atom stereocenters. The summed E-state index contributed by atoms with van der Waals surface area (Å²) < 4.78 is 13.1. The summed E-state index contributed by atoms with van der Waals surface area (Å²) in [6, 6.07) is 6.07. The van der Waals surface area contributed by atoms with Crippen molar-refractivity contribution in [2.75, 3.05) is 5.32 Å². The molecule has 1 aromatic carbocycles. The number of aromatic nitrogens is 2. The molecule has 1 aromatic heterocycles. The van der Waals surface area contributed by atoms with E-state index < -0.39 is 0 Å². The van der Waals surface area contributed by atoms with Crippen molar-refractivity contribution in [1.29, 1.82) is 0 Å². The number of carbonyl (C=O) groups is 1. The lowest BCUT2D eigenvalue weighted by Gasteiger charge is -2.18. The van der Waals surface area contributed by atoms with E-state index in [9.17, 15) is 9.18 Å². The van der Waals surface area contributed by atoms with Crippen LogP contribution in [0, 0.1) is 5.82 Å². The molecule has 4 nitrogen and oxygen atoms in total. The third kappa shape index (κ3) is 3.88. The first-order valence-electron chi connectivity index (χ1n) is 7.58. The maximum absolute atomic E-state index is 13.1. The van der Waals surface area contributed by atoms with Crippen LogP contribution in [0.4, 0.5) is 9.52 Å². The van der Waals surface area contributed by atoms with Crippen molar-refractivity contribution in [3.63, 3.8) is 0 Å². The van der Waals surface area contributed by atoms with Gasteiger partial charge in [-0.05, 0) is 30.5 Å². The van der Waals surface area contributed by atoms with Crippen molar-refractivity contribution in [1.82, 2.24) is 10.2 Å². The van der Waals surface area contributed by atoms with Crippen molar-refractivity contribution in [2.45, 2.75) is 44.4 Å². The first-order chi connectivity index (χ1) is 10.7. The minimum atomic E-state index is -0.333. The Morgan fingerprint density at radius 1 is 1.27 bits per heavy atom. The number of carbonyl (C=O) groups excluding carboxylic acids is 1. The molecule has 3 rings (SSSR count). The van der Waals surface area contributed by atoms with E-state index in [4.69, 9.17) is 0 Å². The predicted molar refractivity (Wildman–Crippen MR) is 84.5 cm³/mol. The molecule has 1 heterocycles. The van der Waals surface area contributed by atoms with Crippen LogP contribution < -0.4 is 5.32 Å². The topological polar surface area (TPSA) is 54.9 Å². The summed E-state index contributed by atoms with van der Waals surface area (Å²) in [5.74, 6) is -0.0436. The standard InChI is InChI=1S/C16H18FN3OS/c17-13-8-4-5-11(9-13)10-14(21)18-16-20-19-15(22-16)12-6-2-1-3-7-12/h4-5,8-9,12H,1-3,6-7,10H2,(H,18,20,21). The Kier molecular flexibility index (Phi) is 4.77. The van der Waals surface area contributed by atoms with E-state index >= 15 is 0 Å². The van der Waals surface area contributed by atoms with Gasteiger partial charge < -0.3 is 5.32 Å². The van der Waals surface area contributed by atoms with Crippen LogP contribution in [-0.2, 0) is 11.2 Å². The minimum absolute atomic E-state index is 0.135. The molecule has 1 saturated carbocycles. The molecular formula is C16H18FN3OS. The number of nitrogens with one attached hydrogen (secondary N) is 1. The van der Waals surface area contributed by atoms with Crippen molar-refractivity contribution in [2.24, 2.45) is 0 Å². The molecule has 6 heteroatoms. The average molecular weight is 319 g/mol. The zero-order valence-electron chi connectivity index (χ0n) is 12.2. The fourth-order valence-corrected chi connectivity index (χ4v) is 3.72. The lowest BCUT2D eigenvalue weighted by atomic mass is 9.90. The van der Waals surface area contributed by atoms with Gasteiger partial charge in [-0.15, -0.1) is 10.2 Å². The van der Waals surface area contributed by atoms with Gasteiger partial charge in [-0.2, -0.15) is 0 Å². The van der Waals surface area contributed by atoms with Crippen LogP contribution in [0.5, 0.6) is 0 Å². The van der Waals surface area contributed by atoms with E-state index in [1.807, 2.05) is 0 Å². The van der Waals surface area contributed by atoms with Gasteiger partial charge in [0.05, 0.1) is 6.42 Å². The number of nitrogens with zero attached hydrogens (tertiary/aromatic N) is 2. The van der Waals surface area contributed by atoms with Crippen LogP contribution in [0.2, 0.25) is 0 Å². The van der Waals surface area contributed by atoms with Gasteiger partial charge in [-0.25, -0.2) is 4.39 Å². The number of hydrogen-bond donors (Lipinski definition) is 1. The van der Waals surface area contributed by atoms with Gasteiger partial charge in [0.25, 0.3) is 0 Å². The molecule has 1 N–H and O–H groups in total. The summed E-state index contributed by atoms with van der Waals surface area (Å²) >= 11 is 1.45. The van der Waals surface area contributed by atoms with Gasteiger partial charge >= 0.3 is 0 Å². The highest BCUT2D eigenvalue weighted by Gasteiger charge is 2.20. The van der Waals surface area contributed by atoms with E-state index in [0.29, 0.717) is 16.6 Å². The van der Waals surface area contributed by atoms with Crippen molar-refractivity contribution in [3.05, 3.63) is 40.7 Å². The smallest absolute Gasteiger partial charge is 0.230 e. The summed E-state index contributed by atoms with van der Waals surface area (Å²) in [5, 5.41) is 12.6. The van der Waals surface area contributed by atoms with Gasteiger partial charge in [0, 0.05) is 5.92 Å². The first-order valence-corrected chi connectivity index (χ1v) is 8.40. The summed E-state index contributed by atoms with van der Waals surface area (Å²) in [7, 11) is 0. The second kappa shape index (κ2) is 6.96. The summed E-state index contributed by atoms with van der Waals surface area (Å²) in [6.07, 6.45) is 6.23. The molecule has 1 amide bonds. The van der Waals surface area contributed by atoms with E-state index in [1.165, 1.54) is 42.7 Å². The second-order valence-electron chi connectivity index (χ2n) is 5.64. The Hall–Kier alpha value is -1.82. The quantitative estimate of drug-likeness (QED) is 0.929. The van der Waals surface area contributed by atoms with Crippen molar-refractivity contribution in [3.8, 4) is 0 Å². The Bertz CT molecular complexity index is 652. The van der Waals surface area contributed by atoms with Crippen molar-refractivity contribution >= 4 is 22.4 Å². The Morgan fingerprint density at radius 3 is 2.86 bits per heavy atom. The fraction of sp³-hybridized carbons (Fsp3) is 0.438. The molecule has 0 radical (unpaired) electrons. The van der Waals surface area contributed by atoms with Crippen molar-refractivity contribution < 1.29 is 9.18 Å². The Balaban J connectivity index is 1.58. The monoisotopic (exact) mass is 319 g/mol. The maximum Gasteiger partial charge on any atom is 0.230 e. The lowest BCUT2D eigenvalue weighted by molar-refractivity contribution is -0.115. The minimum Gasteiger partial charge on any atom is -0.300 e. The van der Waals surface area contributed by atoms with E-state index in [2.05, 4.69) is 15.5 Å². The first kappa shape index (κ1) is 15.1. The number of benzene rings is 1. The number of halogens is 1. The molecule has 1 fully saturated rings. The van der Waals surface area contributed by atoms with Crippen LogP contribution in [-0.4, -0.2) is 16.1 Å². The lowest BCUT2D eigenvalue weighted by Crippen LogP contribution is -2.14. The maximum atomic E-state index is 13.1. The molecule has 0 unspecified atom stereocenters. The van der Waals surface area contributed by atoms with Crippen LogP contribution in [0.15, 0.2) is 24.3 Å². The van der Waals surface area contributed by atoms with E-state index in [1.54, 1.807) is 12.1 Å². The largest absolute Gasteiger partial charge is 0.300 e. The molecule has 116 valence electrons. The number of hydrogen-bond acceptors (Lipinski definition) is 4. The molecule has 0 spiro atoms. The van der Waals surface area contributed by atoms with Gasteiger partial charge in [-0.3, -0.25) is 4.79 Å². The normalized spacial score (nSPS) is 15.7. The number of amides is 1. The SMILES string of the molecule is O=C(Cc1cccc(F)c1)Nc1nnc(C2CCCCC2)s1. The van der Waals surface area contributed by atoms with Crippen LogP contribution in [0.1, 0.15) is 48.6 Å². The van der Waals surface area contributed by atoms with Gasteiger partial charge in [0.15, 0.2) is 0 Å². The summed E-state index contributed by atoms with van der Waals surface area (Å²) in [4.78, 5) is 12.0. The molecule has 22 heavy (non-hydrogen) atoms. The van der Waals surface area contributed by atoms with Gasteiger partial charge in [-0.1, -0.05) is 42.7 Å². The Morgan fingerprint density at radius 2 is 2.09 bits per heavy atom. The third-order valence-corrected chi connectivity index (χ3v) is 4.90. The molecule has 0 saturated heterocycles. The van der Waals surface area contributed by atoms with E-state index in [0.717, 1.165) is 17.8 Å². The molecule has 1 aliphatic rings. The molecule has 1 aliphatic carbocycles. The third-order valence-electron chi connectivity index (χ3n) is 3.90. The number of anilines is 1. The van der Waals surface area contributed by atoms with Crippen LogP contribution >= 0.6 is 11.3 Å². The highest BCUT2D eigenvalue weighted by atomic mass is 32.1. The van der Waals surface area contributed by atoms with Crippen LogP contribution in [0.25, 0.3) is 0 Å². The second-order valence-corrected chi connectivity index (χ2v) is 6.64. The number of rotatable bonds is 4. The fourth-order valence-electron chi connectivity index (χ4n) is 2.80. The van der Waals surface area contributed by atoms with E-state index in [-0.39, 0.29) is 18.1 Å². The molecule has 2 aromatic rings. The highest BCUT2D eigenvalue weighted by Crippen LogP contribution is 2.35. The Labute approximate surface area is 132 Å². The molecule has 0 aliphatic heterocycles. The molecule has 0 bridgehead atoms. The van der Waals surface area contributed by atoms with Gasteiger partial charge in [0.2, 0.25) is 11.0 Å². The zero-order valence-corrected chi connectivity index (χ0v) is 13.0. The van der Waals surface area contributed by atoms with Crippen LogP contribution in [0.3, 0.4) is 0 Å². The summed E-state index contributed by atoms with van der Waals surface area (Å²) in [5.41, 5.74) is 0.648. The predicted octanol–water partition coefficient (Wildman–Crippen LogP) is 3.91. The average Bonchev–Trinajstić information content (AvgIpc) is 2.96. The summed E-state index contributed by atoms with van der Waals surface area (Å²) in [6.45, 7) is 0.